The summed E-state index contributed by atoms with van der Waals surface area (Å²) in [4.78, 5) is 1.42. The maximum atomic E-state index is 3.74. The van der Waals surface area contributed by atoms with Gasteiger partial charge in [-0.25, -0.2) is 0 Å². The second-order valence-corrected chi connectivity index (χ2v) is 6.58. The molecule has 2 rings (SSSR count). The van der Waals surface area contributed by atoms with Crippen molar-refractivity contribution >= 4 is 17.4 Å². The molecule has 1 aliphatic rings. The van der Waals surface area contributed by atoms with Crippen LogP contribution in [-0.2, 0) is 6.42 Å². The lowest BCUT2D eigenvalue weighted by atomic mass is 9.87. The first-order chi connectivity index (χ1) is 7.52. The van der Waals surface area contributed by atoms with E-state index in [2.05, 4.69) is 51.2 Å². The molecule has 1 aromatic carbocycles. The van der Waals surface area contributed by atoms with Crippen molar-refractivity contribution in [3.05, 3.63) is 23.8 Å². The molecule has 2 heteroatoms. The van der Waals surface area contributed by atoms with Gasteiger partial charge < -0.3 is 5.32 Å². The summed E-state index contributed by atoms with van der Waals surface area (Å²) in [6.07, 6.45) is 1.10. The van der Waals surface area contributed by atoms with Crippen LogP contribution >= 0.6 is 11.8 Å². The molecule has 0 bridgehead atoms. The highest BCUT2D eigenvalue weighted by Gasteiger charge is 2.29. The molecule has 1 unspecified atom stereocenters. The van der Waals surface area contributed by atoms with E-state index in [0.29, 0.717) is 11.5 Å². The Morgan fingerprint density at radius 3 is 2.75 bits per heavy atom. The van der Waals surface area contributed by atoms with Crippen LogP contribution in [0.4, 0.5) is 5.69 Å². The number of hydrogen-bond acceptors (Lipinski definition) is 2. The van der Waals surface area contributed by atoms with Crippen LogP contribution < -0.4 is 5.32 Å². The molecule has 1 atom stereocenters. The maximum Gasteiger partial charge on any atom is 0.0513 e. The number of fused-ring (bicyclic) bond motifs is 1. The van der Waals surface area contributed by atoms with E-state index >= 15 is 0 Å². The fourth-order valence-electron chi connectivity index (χ4n) is 2.01. The molecule has 1 aromatic rings. The summed E-state index contributed by atoms with van der Waals surface area (Å²) < 4.78 is 0. The van der Waals surface area contributed by atoms with E-state index in [-0.39, 0.29) is 0 Å². The Kier molecular flexibility index (Phi) is 3.20. The molecule has 0 spiro atoms. The predicted molar refractivity (Wildman–Crippen MR) is 73.4 cm³/mol. The molecule has 1 N–H and O–H groups in total. The van der Waals surface area contributed by atoms with Crippen molar-refractivity contribution in [2.24, 2.45) is 5.41 Å². The van der Waals surface area contributed by atoms with Crippen LogP contribution in [-0.4, -0.2) is 11.8 Å². The Morgan fingerprint density at radius 1 is 1.38 bits per heavy atom. The van der Waals surface area contributed by atoms with Gasteiger partial charge in [-0.2, -0.15) is 0 Å². The van der Waals surface area contributed by atoms with Crippen LogP contribution in [0.25, 0.3) is 0 Å². The first-order valence-corrected chi connectivity index (χ1v) is 7.02. The zero-order valence-electron chi connectivity index (χ0n) is 10.6. The van der Waals surface area contributed by atoms with Gasteiger partial charge in [-0.05, 0) is 23.5 Å². The fraction of sp³-hybridized carbons (Fsp3) is 0.571. The van der Waals surface area contributed by atoms with Gasteiger partial charge in [0, 0.05) is 16.7 Å². The minimum atomic E-state index is 0.325. The third kappa shape index (κ3) is 2.22. The maximum absolute atomic E-state index is 3.74. The molecule has 0 amide bonds. The Morgan fingerprint density at radius 2 is 2.12 bits per heavy atom. The molecule has 0 saturated carbocycles. The largest absolute Gasteiger partial charge is 0.380 e. The van der Waals surface area contributed by atoms with Gasteiger partial charge in [0.1, 0.15) is 0 Å². The van der Waals surface area contributed by atoms with Gasteiger partial charge in [0.25, 0.3) is 0 Å². The smallest absolute Gasteiger partial charge is 0.0513 e. The van der Waals surface area contributed by atoms with Crippen molar-refractivity contribution in [2.45, 2.75) is 45.1 Å². The number of benzene rings is 1. The molecule has 88 valence electrons. The molecule has 1 heterocycles. The summed E-state index contributed by atoms with van der Waals surface area (Å²) in [7, 11) is 0. The molecule has 0 radical (unpaired) electrons. The topological polar surface area (TPSA) is 12.0 Å². The van der Waals surface area contributed by atoms with Crippen molar-refractivity contribution in [1.29, 1.82) is 0 Å². The Bertz CT molecular complexity index is 365. The van der Waals surface area contributed by atoms with E-state index in [4.69, 9.17) is 0 Å². The molecule has 16 heavy (non-hydrogen) atoms. The highest BCUT2D eigenvalue weighted by molar-refractivity contribution is 7.99. The van der Waals surface area contributed by atoms with Crippen molar-refractivity contribution in [3.8, 4) is 0 Å². The van der Waals surface area contributed by atoms with Gasteiger partial charge in [-0.15, -0.1) is 11.8 Å². The van der Waals surface area contributed by atoms with E-state index in [9.17, 15) is 0 Å². The summed E-state index contributed by atoms with van der Waals surface area (Å²) in [6, 6.07) is 7.20. The summed E-state index contributed by atoms with van der Waals surface area (Å²) >= 11 is 1.99. The average molecular weight is 235 g/mol. The van der Waals surface area contributed by atoms with Crippen LogP contribution in [0.5, 0.6) is 0 Å². The quantitative estimate of drug-likeness (QED) is 0.783. The molecule has 1 aliphatic heterocycles. The molecular weight excluding hydrogens is 214 g/mol. The molecule has 0 aromatic heterocycles. The standard InChI is InChI=1S/C14H21NS/c1-5-10-7-6-8-11-13(10)15-12(9-16-11)14(2,3)4/h6-8,12,15H,5,9H2,1-4H3. The monoisotopic (exact) mass is 235 g/mol. The average Bonchev–Trinajstić information content (AvgIpc) is 2.26. The third-order valence-corrected chi connectivity index (χ3v) is 4.41. The van der Waals surface area contributed by atoms with Crippen LogP contribution in [0.3, 0.4) is 0 Å². The molecule has 1 nitrogen and oxygen atoms in total. The molecule has 0 saturated heterocycles. The number of rotatable bonds is 1. The third-order valence-electron chi connectivity index (χ3n) is 3.26. The van der Waals surface area contributed by atoms with E-state index < -0.39 is 0 Å². The van der Waals surface area contributed by atoms with Gasteiger partial charge >= 0.3 is 0 Å². The van der Waals surface area contributed by atoms with Gasteiger partial charge in [-0.1, -0.05) is 39.8 Å². The lowest BCUT2D eigenvalue weighted by Gasteiger charge is -2.37. The summed E-state index contributed by atoms with van der Waals surface area (Å²) in [6.45, 7) is 9.16. The van der Waals surface area contributed by atoms with Crippen LogP contribution in [0, 0.1) is 5.41 Å². The normalized spacial score (nSPS) is 20.1. The van der Waals surface area contributed by atoms with Crippen molar-refractivity contribution in [3.63, 3.8) is 0 Å². The molecule has 0 fully saturated rings. The summed E-state index contributed by atoms with van der Waals surface area (Å²) in [5.74, 6) is 1.17. The van der Waals surface area contributed by atoms with Crippen molar-refractivity contribution < 1.29 is 0 Å². The number of thioether (sulfide) groups is 1. The van der Waals surface area contributed by atoms with Gasteiger partial charge in [0.2, 0.25) is 0 Å². The Balaban J connectivity index is 2.31. The zero-order chi connectivity index (χ0) is 11.8. The SMILES string of the molecule is CCc1cccc2c1NC(C(C)(C)C)CS2. The van der Waals surface area contributed by atoms with E-state index in [1.807, 2.05) is 11.8 Å². The number of aryl methyl sites for hydroxylation is 1. The molecule has 0 aliphatic carbocycles. The van der Waals surface area contributed by atoms with Gasteiger partial charge in [-0.3, -0.25) is 0 Å². The minimum absolute atomic E-state index is 0.325. The number of para-hydroxylation sites is 1. The number of anilines is 1. The Hall–Kier alpha value is -0.630. The van der Waals surface area contributed by atoms with Gasteiger partial charge in [0.05, 0.1) is 5.69 Å². The first kappa shape index (κ1) is 11.8. The van der Waals surface area contributed by atoms with Crippen LogP contribution in [0.15, 0.2) is 23.1 Å². The van der Waals surface area contributed by atoms with Gasteiger partial charge in [0.15, 0.2) is 0 Å². The summed E-state index contributed by atoms with van der Waals surface area (Å²) in [5, 5.41) is 3.74. The lowest BCUT2D eigenvalue weighted by Crippen LogP contribution is -2.38. The lowest BCUT2D eigenvalue weighted by molar-refractivity contribution is 0.361. The summed E-state index contributed by atoms with van der Waals surface area (Å²) in [5.41, 5.74) is 3.14. The Labute approximate surface area is 103 Å². The highest BCUT2D eigenvalue weighted by Crippen LogP contribution is 2.39. The molecular formula is C14H21NS. The number of hydrogen-bond donors (Lipinski definition) is 1. The van der Waals surface area contributed by atoms with E-state index in [1.54, 1.807) is 0 Å². The minimum Gasteiger partial charge on any atom is -0.380 e. The van der Waals surface area contributed by atoms with Crippen molar-refractivity contribution in [1.82, 2.24) is 0 Å². The second kappa shape index (κ2) is 4.33. The second-order valence-electron chi connectivity index (χ2n) is 5.52. The highest BCUT2D eigenvalue weighted by atomic mass is 32.2. The fourth-order valence-corrected chi connectivity index (χ4v) is 3.45. The van der Waals surface area contributed by atoms with Crippen LogP contribution in [0.1, 0.15) is 33.3 Å². The number of nitrogens with one attached hydrogen (secondary N) is 1. The first-order valence-electron chi connectivity index (χ1n) is 6.03. The zero-order valence-corrected chi connectivity index (χ0v) is 11.4. The van der Waals surface area contributed by atoms with E-state index in [0.717, 1.165) is 6.42 Å². The predicted octanol–water partition coefficient (Wildman–Crippen LogP) is 4.18. The van der Waals surface area contributed by atoms with Crippen LogP contribution in [0.2, 0.25) is 0 Å². The van der Waals surface area contributed by atoms with Crippen molar-refractivity contribution in [2.75, 3.05) is 11.1 Å². The van der Waals surface area contributed by atoms with E-state index in [1.165, 1.54) is 21.9 Å².